The van der Waals surface area contributed by atoms with Crippen LogP contribution < -0.4 is 16.5 Å². The molecule has 2 aromatic carbocycles. The van der Waals surface area contributed by atoms with Gasteiger partial charge in [-0.25, -0.2) is 0 Å². The lowest BCUT2D eigenvalue weighted by Gasteiger charge is -2.14. The molecule has 3 aromatic rings. The average Bonchev–Trinajstić information content (AvgIpc) is 2.98. The van der Waals surface area contributed by atoms with E-state index in [-0.39, 0.29) is 0 Å². The SMILES string of the molecule is CN(CN)CCc1c(-c2ccc(ON)cc2)[nH]c2ccccc12. The minimum atomic E-state index is 0.556. The Labute approximate surface area is 135 Å². The average molecular weight is 310 g/mol. The van der Waals surface area contributed by atoms with E-state index in [0.717, 1.165) is 29.7 Å². The summed E-state index contributed by atoms with van der Waals surface area (Å²) in [7, 11) is 2.03. The fourth-order valence-electron chi connectivity index (χ4n) is 2.80. The predicted octanol–water partition coefficient (Wildman–Crippen LogP) is 2.48. The normalized spacial score (nSPS) is 11.3. The number of nitrogens with zero attached hydrogens (tertiary/aromatic N) is 1. The van der Waals surface area contributed by atoms with Crippen LogP contribution in [0.15, 0.2) is 48.5 Å². The summed E-state index contributed by atoms with van der Waals surface area (Å²) >= 11 is 0. The molecular formula is C18H22N4O. The monoisotopic (exact) mass is 310 g/mol. The van der Waals surface area contributed by atoms with Crippen molar-refractivity contribution in [2.24, 2.45) is 11.6 Å². The summed E-state index contributed by atoms with van der Waals surface area (Å²) in [5.41, 5.74) is 10.4. The zero-order valence-electron chi connectivity index (χ0n) is 13.3. The van der Waals surface area contributed by atoms with Crippen molar-refractivity contribution in [3.63, 3.8) is 0 Å². The van der Waals surface area contributed by atoms with Crippen molar-refractivity contribution in [3.8, 4) is 17.0 Å². The Morgan fingerprint density at radius 2 is 1.83 bits per heavy atom. The number of rotatable bonds is 6. The Morgan fingerprint density at radius 1 is 1.09 bits per heavy atom. The topological polar surface area (TPSA) is 80.3 Å². The van der Waals surface area contributed by atoms with Gasteiger partial charge < -0.3 is 15.6 Å². The fourth-order valence-corrected chi connectivity index (χ4v) is 2.80. The van der Waals surface area contributed by atoms with Crippen LogP contribution in [0.1, 0.15) is 5.56 Å². The highest BCUT2D eigenvalue weighted by atomic mass is 16.6. The molecule has 3 rings (SSSR count). The Bertz CT molecular complexity index is 779. The molecule has 5 N–H and O–H groups in total. The lowest BCUT2D eigenvalue weighted by molar-refractivity contribution is 0.334. The number of nitrogens with one attached hydrogen (secondary N) is 1. The highest BCUT2D eigenvalue weighted by Gasteiger charge is 2.13. The molecule has 5 nitrogen and oxygen atoms in total. The first-order chi connectivity index (χ1) is 11.2. The Balaban J connectivity index is 2.03. The second-order valence-corrected chi connectivity index (χ2v) is 5.68. The highest BCUT2D eigenvalue weighted by Crippen LogP contribution is 2.31. The molecule has 0 amide bonds. The standard InChI is InChI=1S/C18H22N4O/c1-22(12-19)11-10-16-15-4-2-3-5-17(15)21-18(16)13-6-8-14(23-20)9-7-13/h2-9,21H,10-12,19-20H2,1H3. The van der Waals surface area contributed by atoms with E-state index in [2.05, 4.69) is 28.1 Å². The van der Waals surface area contributed by atoms with Crippen LogP contribution in [0.2, 0.25) is 0 Å². The zero-order valence-corrected chi connectivity index (χ0v) is 13.3. The number of hydrogen-bond donors (Lipinski definition) is 3. The van der Waals surface area contributed by atoms with Gasteiger partial charge in [-0.2, -0.15) is 5.90 Å². The van der Waals surface area contributed by atoms with Gasteiger partial charge in [0.05, 0.1) is 0 Å². The summed E-state index contributed by atoms with van der Waals surface area (Å²) in [5.74, 6) is 5.85. The molecule has 1 heterocycles. The van der Waals surface area contributed by atoms with Crippen LogP contribution in [-0.2, 0) is 6.42 Å². The molecule has 0 atom stereocenters. The molecule has 0 bridgehead atoms. The van der Waals surface area contributed by atoms with Crippen molar-refractivity contribution in [1.29, 1.82) is 0 Å². The van der Waals surface area contributed by atoms with Gasteiger partial charge in [0.25, 0.3) is 0 Å². The van der Waals surface area contributed by atoms with Crippen LogP contribution in [0.5, 0.6) is 5.75 Å². The van der Waals surface area contributed by atoms with E-state index in [1.165, 1.54) is 10.9 Å². The number of benzene rings is 2. The van der Waals surface area contributed by atoms with Crippen LogP contribution in [0.3, 0.4) is 0 Å². The molecule has 0 fully saturated rings. The number of para-hydroxylation sites is 1. The van der Waals surface area contributed by atoms with Crippen molar-refractivity contribution in [2.75, 3.05) is 20.3 Å². The van der Waals surface area contributed by atoms with Gasteiger partial charge in [0, 0.05) is 29.8 Å². The maximum atomic E-state index is 5.70. The van der Waals surface area contributed by atoms with Gasteiger partial charge in [-0.3, -0.25) is 4.90 Å². The van der Waals surface area contributed by atoms with Gasteiger partial charge in [-0.05, 0) is 54.9 Å². The summed E-state index contributed by atoms with van der Waals surface area (Å²) < 4.78 is 0. The third-order valence-electron chi connectivity index (χ3n) is 4.15. The number of nitrogens with two attached hydrogens (primary N) is 2. The second-order valence-electron chi connectivity index (χ2n) is 5.68. The molecule has 0 radical (unpaired) electrons. The molecule has 120 valence electrons. The van der Waals surface area contributed by atoms with Gasteiger partial charge in [-0.15, -0.1) is 0 Å². The van der Waals surface area contributed by atoms with Crippen LogP contribution in [0.4, 0.5) is 0 Å². The van der Waals surface area contributed by atoms with E-state index in [9.17, 15) is 0 Å². The minimum absolute atomic E-state index is 0.556. The molecule has 0 aliphatic carbocycles. The lowest BCUT2D eigenvalue weighted by atomic mass is 10.0. The number of aromatic amines is 1. The van der Waals surface area contributed by atoms with Crippen molar-refractivity contribution < 1.29 is 4.84 Å². The van der Waals surface area contributed by atoms with E-state index in [1.54, 1.807) is 0 Å². The smallest absolute Gasteiger partial charge is 0.146 e. The summed E-state index contributed by atoms with van der Waals surface area (Å²) in [6.45, 7) is 1.47. The van der Waals surface area contributed by atoms with E-state index in [0.29, 0.717) is 12.4 Å². The van der Waals surface area contributed by atoms with Gasteiger partial charge in [0.1, 0.15) is 5.75 Å². The maximum absolute atomic E-state index is 5.70. The zero-order chi connectivity index (χ0) is 16.2. The molecule has 1 aromatic heterocycles. The van der Waals surface area contributed by atoms with E-state index in [1.807, 2.05) is 37.4 Å². The fraction of sp³-hybridized carbons (Fsp3) is 0.222. The number of H-pyrrole nitrogens is 1. The first-order valence-corrected chi connectivity index (χ1v) is 7.68. The number of fused-ring (bicyclic) bond motifs is 1. The van der Waals surface area contributed by atoms with Crippen molar-refractivity contribution in [3.05, 3.63) is 54.1 Å². The molecule has 5 heteroatoms. The predicted molar refractivity (Wildman–Crippen MR) is 93.9 cm³/mol. The molecule has 0 aliphatic heterocycles. The Kier molecular flexibility index (Phi) is 4.62. The van der Waals surface area contributed by atoms with E-state index in [4.69, 9.17) is 16.5 Å². The molecular weight excluding hydrogens is 288 g/mol. The Hall–Kier alpha value is -2.34. The van der Waals surface area contributed by atoms with Gasteiger partial charge in [0.15, 0.2) is 0 Å². The summed E-state index contributed by atoms with van der Waals surface area (Å²) in [6, 6.07) is 16.2. The van der Waals surface area contributed by atoms with E-state index >= 15 is 0 Å². The molecule has 0 saturated carbocycles. The minimum Gasteiger partial charge on any atom is -0.412 e. The number of hydrogen-bond acceptors (Lipinski definition) is 4. The molecule has 0 unspecified atom stereocenters. The summed E-state index contributed by atoms with van der Waals surface area (Å²) in [6.07, 6.45) is 0.933. The largest absolute Gasteiger partial charge is 0.412 e. The molecule has 0 spiro atoms. The van der Waals surface area contributed by atoms with Crippen molar-refractivity contribution in [1.82, 2.24) is 9.88 Å². The number of likely N-dealkylation sites (N-methyl/N-ethyl adjacent to an activating group) is 1. The third-order valence-corrected chi connectivity index (χ3v) is 4.15. The van der Waals surface area contributed by atoms with Gasteiger partial charge >= 0.3 is 0 Å². The van der Waals surface area contributed by atoms with Crippen molar-refractivity contribution in [2.45, 2.75) is 6.42 Å². The first kappa shape index (κ1) is 15.6. The van der Waals surface area contributed by atoms with Gasteiger partial charge in [-0.1, -0.05) is 18.2 Å². The van der Waals surface area contributed by atoms with E-state index < -0.39 is 0 Å². The quantitative estimate of drug-likeness (QED) is 0.483. The molecule has 23 heavy (non-hydrogen) atoms. The molecule has 0 aliphatic rings. The van der Waals surface area contributed by atoms with Gasteiger partial charge in [0.2, 0.25) is 0 Å². The first-order valence-electron chi connectivity index (χ1n) is 7.68. The van der Waals surface area contributed by atoms with Crippen molar-refractivity contribution >= 4 is 10.9 Å². The summed E-state index contributed by atoms with van der Waals surface area (Å²) in [5, 5.41) is 1.26. The summed E-state index contributed by atoms with van der Waals surface area (Å²) in [4.78, 5) is 10.4. The maximum Gasteiger partial charge on any atom is 0.146 e. The van der Waals surface area contributed by atoms with Crippen LogP contribution in [-0.4, -0.2) is 30.1 Å². The number of aromatic nitrogens is 1. The van der Waals surface area contributed by atoms with Crippen LogP contribution >= 0.6 is 0 Å². The van der Waals surface area contributed by atoms with Crippen LogP contribution in [0.25, 0.3) is 22.2 Å². The second kappa shape index (κ2) is 6.83. The lowest BCUT2D eigenvalue weighted by Crippen LogP contribution is -2.27. The molecule has 0 saturated heterocycles. The van der Waals surface area contributed by atoms with Crippen LogP contribution in [0, 0.1) is 0 Å². The highest BCUT2D eigenvalue weighted by molar-refractivity contribution is 5.90. The third kappa shape index (κ3) is 3.22. The Morgan fingerprint density at radius 3 is 2.52 bits per heavy atom.